The van der Waals surface area contributed by atoms with Crippen molar-refractivity contribution in [3.05, 3.63) is 0 Å². The van der Waals surface area contributed by atoms with Crippen LogP contribution in [-0.4, -0.2) is 19.0 Å². The Hall–Kier alpha value is -1.08. The third-order valence-electron chi connectivity index (χ3n) is 3.21. The van der Waals surface area contributed by atoms with Crippen LogP contribution in [0.5, 0.6) is 0 Å². The van der Waals surface area contributed by atoms with Crippen molar-refractivity contribution in [3.63, 3.8) is 0 Å². The fourth-order valence-electron chi connectivity index (χ4n) is 1.85. The third-order valence-corrected chi connectivity index (χ3v) is 3.21. The standard InChI is InChI=1S/C11H19N3O/c1-9(6-12)7-14-10(15)5-11(8-13)3-2-4-11/h9H,2-5,7-8,13H2,1H3,(H,14,15). The number of carbonyl (C=O) groups is 1. The summed E-state index contributed by atoms with van der Waals surface area (Å²) in [7, 11) is 0. The van der Waals surface area contributed by atoms with Crippen molar-refractivity contribution in [2.75, 3.05) is 13.1 Å². The maximum absolute atomic E-state index is 11.6. The maximum Gasteiger partial charge on any atom is 0.220 e. The van der Waals surface area contributed by atoms with Gasteiger partial charge >= 0.3 is 0 Å². The molecule has 1 amide bonds. The minimum absolute atomic E-state index is 0.0299. The Morgan fingerprint density at radius 3 is 2.73 bits per heavy atom. The van der Waals surface area contributed by atoms with Crippen molar-refractivity contribution in [2.45, 2.75) is 32.6 Å². The lowest BCUT2D eigenvalue weighted by Gasteiger charge is -2.40. The highest BCUT2D eigenvalue weighted by Crippen LogP contribution is 2.42. The second-order valence-corrected chi connectivity index (χ2v) is 4.57. The monoisotopic (exact) mass is 209 g/mol. The van der Waals surface area contributed by atoms with Gasteiger partial charge in [-0.3, -0.25) is 4.79 Å². The van der Waals surface area contributed by atoms with Crippen LogP contribution in [0.25, 0.3) is 0 Å². The molecule has 4 heteroatoms. The smallest absolute Gasteiger partial charge is 0.220 e. The van der Waals surface area contributed by atoms with Gasteiger partial charge in [0.1, 0.15) is 0 Å². The van der Waals surface area contributed by atoms with Crippen LogP contribution in [0.15, 0.2) is 0 Å². The molecular formula is C11H19N3O. The van der Waals surface area contributed by atoms with E-state index in [1.807, 2.05) is 0 Å². The van der Waals surface area contributed by atoms with Crippen LogP contribution in [0, 0.1) is 22.7 Å². The molecule has 0 aromatic rings. The second-order valence-electron chi connectivity index (χ2n) is 4.57. The molecule has 0 heterocycles. The molecule has 15 heavy (non-hydrogen) atoms. The van der Waals surface area contributed by atoms with Crippen LogP contribution in [0.4, 0.5) is 0 Å². The summed E-state index contributed by atoms with van der Waals surface area (Å²) in [6, 6.07) is 2.09. The van der Waals surface area contributed by atoms with Crippen LogP contribution < -0.4 is 11.1 Å². The van der Waals surface area contributed by atoms with Gasteiger partial charge < -0.3 is 11.1 Å². The van der Waals surface area contributed by atoms with Crippen LogP contribution in [0.2, 0.25) is 0 Å². The van der Waals surface area contributed by atoms with Crippen molar-refractivity contribution in [1.82, 2.24) is 5.32 Å². The molecule has 4 nitrogen and oxygen atoms in total. The lowest BCUT2D eigenvalue weighted by Crippen LogP contribution is -2.42. The fraction of sp³-hybridized carbons (Fsp3) is 0.818. The van der Waals surface area contributed by atoms with E-state index in [1.165, 1.54) is 6.42 Å². The van der Waals surface area contributed by atoms with Crippen LogP contribution in [0.3, 0.4) is 0 Å². The summed E-state index contributed by atoms with van der Waals surface area (Å²) >= 11 is 0. The summed E-state index contributed by atoms with van der Waals surface area (Å²) in [5.41, 5.74) is 5.72. The van der Waals surface area contributed by atoms with Crippen LogP contribution in [0.1, 0.15) is 32.6 Å². The van der Waals surface area contributed by atoms with Crippen molar-refractivity contribution in [1.29, 1.82) is 5.26 Å². The first kappa shape index (κ1) is 12.0. The molecule has 3 N–H and O–H groups in total. The molecule has 0 radical (unpaired) electrons. The molecular weight excluding hydrogens is 190 g/mol. The molecule has 1 aliphatic carbocycles. The summed E-state index contributed by atoms with van der Waals surface area (Å²) in [5, 5.41) is 11.3. The lowest BCUT2D eigenvalue weighted by molar-refractivity contribution is -0.124. The van der Waals surface area contributed by atoms with E-state index in [9.17, 15) is 4.79 Å². The fourth-order valence-corrected chi connectivity index (χ4v) is 1.85. The van der Waals surface area contributed by atoms with Gasteiger partial charge in [0, 0.05) is 13.0 Å². The molecule has 0 saturated heterocycles. The molecule has 0 spiro atoms. The molecule has 1 rings (SSSR count). The summed E-state index contributed by atoms with van der Waals surface area (Å²) in [6.07, 6.45) is 3.82. The van der Waals surface area contributed by atoms with Gasteiger partial charge in [0.25, 0.3) is 0 Å². The number of hydrogen-bond acceptors (Lipinski definition) is 3. The molecule has 0 aliphatic heterocycles. The van der Waals surface area contributed by atoms with Crippen molar-refractivity contribution in [2.24, 2.45) is 17.1 Å². The first-order valence-corrected chi connectivity index (χ1v) is 5.48. The van der Waals surface area contributed by atoms with Crippen LogP contribution >= 0.6 is 0 Å². The number of carbonyl (C=O) groups excluding carboxylic acids is 1. The number of nitrogens with two attached hydrogens (primary N) is 1. The number of nitrogens with zero attached hydrogens (tertiary/aromatic N) is 1. The van der Waals surface area contributed by atoms with E-state index >= 15 is 0 Å². The highest BCUT2D eigenvalue weighted by Gasteiger charge is 2.37. The van der Waals surface area contributed by atoms with Gasteiger partial charge in [-0.15, -0.1) is 0 Å². The zero-order chi connectivity index (χ0) is 11.3. The number of nitriles is 1. The number of nitrogens with one attached hydrogen (secondary N) is 1. The molecule has 1 atom stereocenters. The van der Waals surface area contributed by atoms with E-state index in [0.29, 0.717) is 19.5 Å². The Morgan fingerprint density at radius 2 is 2.33 bits per heavy atom. The van der Waals surface area contributed by atoms with Gasteiger partial charge in [-0.25, -0.2) is 0 Å². The molecule has 1 unspecified atom stereocenters. The van der Waals surface area contributed by atoms with E-state index in [2.05, 4.69) is 11.4 Å². The Morgan fingerprint density at radius 1 is 1.67 bits per heavy atom. The van der Waals surface area contributed by atoms with E-state index in [1.54, 1.807) is 6.92 Å². The largest absolute Gasteiger partial charge is 0.355 e. The molecule has 1 aliphatic rings. The van der Waals surface area contributed by atoms with E-state index in [-0.39, 0.29) is 17.2 Å². The molecule has 1 saturated carbocycles. The zero-order valence-corrected chi connectivity index (χ0v) is 9.25. The average molecular weight is 209 g/mol. The molecule has 1 fully saturated rings. The molecule has 0 bridgehead atoms. The minimum atomic E-state index is -0.121. The minimum Gasteiger partial charge on any atom is -0.355 e. The summed E-state index contributed by atoms with van der Waals surface area (Å²) in [6.45, 7) is 2.83. The molecule has 84 valence electrons. The predicted molar refractivity (Wildman–Crippen MR) is 57.7 cm³/mol. The Kier molecular flexibility index (Phi) is 4.10. The Balaban J connectivity index is 2.27. The first-order valence-electron chi connectivity index (χ1n) is 5.48. The lowest BCUT2D eigenvalue weighted by atomic mass is 9.66. The van der Waals surface area contributed by atoms with Gasteiger partial charge in [-0.1, -0.05) is 6.42 Å². The van der Waals surface area contributed by atoms with Gasteiger partial charge in [-0.05, 0) is 31.7 Å². The Bertz CT molecular complexity index is 260. The topological polar surface area (TPSA) is 78.9 Å². The molecule has 0 aromatic heterocycles. The SMILES string of the molecule is CC(C#N)CNC(=O)CC1(CN)CCC1. The third kappa shape index (κ3) is 3.21. The van der Waals surface area contributed by atoms with E-state index in [4.69, 9.17) is 11.0 Å². The maximum atomic E-state index is 11.6. The second kappa shape index (κ2) is 5.13. The highest BCUT2D eigenvalue weighted by atomic mass is 16.1. The predicted octanol–water partition coefficient (Wildman–Crippen LogP) is 0.781. The van der Waals surface area contributed by atoms with Crippen molar-refractivity contribution >= 4 is 5.91 Å². The number of rotatable bonds is 5. The van der Waals surface area contributed by atoms with E-state index in [0.717, 1.165) is 12.8 Å². The van der Waals surface area contributed by atoms with Gasteiger partial charge in [0.2, 0.25) is 5.91 Å². The summed E-state index contributed by atoms with van der Waals surface area (Å²) in [5.74, 6) is -0.0913. The van der Waals surface area contributed by atoms with Gasteiger partial charge in [0.15, 0.2) is 0 Å². The summed E-state index contributed by atoms with van der Waals surface area (Å²) in [4.78, 5) is 11.6. The van der Waals surface area contributed by atoms with E-state index < -0.39 is 0 Å². The highest BCUT2D eigenvalue weighted by molar-refractivity contribution is 5.76. The van der Waals surface area contributed by atoms with Crippen molar-refractivity contribution in [3.8, 4) is 6.07 Å². The first-order chi connectivity index (χ1) is 7.12. The normalized spacial score (nSPS) is 19.8. The summed E-state index contributed by atoms with van der Waals surface area (Å²) < 4.78 is 0. The quantitative estimate of drug-likeness (QED) is 0.702. The van der Waals surface area contributed by atoms with Crippen molar-refractivity contribution < 1.29 is 4.79 Å². The Labute approximate surface area is 90.8 Å². The number of hydrogen-bond donors (Lipinski definition) is 2. The zero-order valence-electron chi connectivity index (χ0n) is 9.25. The van der Waals surface area contributed by atoms with Gasteiger partial charge in [0.05, 0.1) is 12.0 Å². The number of amides is 1. The van der Waals surface area contributed by atoms with Crippen LogP contribution in [-0.2, 0) is 4.79 Å². The molecule has 0 aromatic carbocycles. The van der Waals surface area contributed by atoms with Gasteiger partial charge in [-0.2, -0.15) is 5.26 Å². The average Bonchev–Trinajstić information content (AvgIpc) is 2.20.